The number of halogens is 1. The van der Waals surface area contributed by atoms with Crippen LogP contribution in [0.3, 0.4) is 0 Å². The molecule has 0 bridgehead atoms. The maximum atomic E-state index is 13.6. The first-order valence-corrected chi connectivity index (χ1v) is 9.64. The molecule has 0 saturated carbocycles. The molecule has 6 nitrogen and oxygen atoms in total. The predicted molar refractivity (Wildman–Crippen MR) is 105 cm³/mol. The molecule has 1 amide bonds. The van der Waals surface area contributed by atoms with Crippen molar-refractivity contribution < 1.29 is 23.4 Å². The van der Waals surface area contributed by atoms with E-state index in [1.165, 1.54) is 23.5 Å². The molecule has 0 saturated heterocycles. The third-order valence-electron chi connectivity index (χ3n) is 3.96. The van der Waals surface area contributed by atoms with Crippen LogP contribution >= 0.6 is 11.3 Å². The summed E-state index contributed by atoms with van der Waals surface area (Å²) in [4.78, 5) is 17.0. The Morgan fingerprint density at radius 3 is 2.82 bits per heavy atom. The second-order valence-corrected chi connectivity index (χ2v) is 6.80. The first-order chi connectivity index (χ1) is 13.6. The lowest BCUT2D eigenvalue weighted by atomic mass is 10.3. The van der Waals surface area contributed by atoms with Crippen LogP contribution in [0.2, 0.25) is 0 Å². The fourth-order valence-electron chi connectivity index (χ4n) is 2.62. The van der Waals surface area contributed by atoms with Gasteiger partial charge in [0.15, 0.2) is 23.0 Å². The van der Waals surface area contributed by atoms with E-state index in [-0.39, 0.29) is 12.4 Å². The highest BCUT2D eigenvalue weighted by atomic mass is 32.1. The van der Waals surface area contributed by atoms with Crippen molar-refractivity contribution in [1.82, 2.24) is 4.57 Å². The zero-order valence-corrected chi connectivity index (χ0v) is 16.5. The number of carbonyl (C=O) groups is 1. The number of fused-ring (bicyclic) bond motifs is 1. The minimum atomic E-state index is -0.518. The molecule has 8 heteroatoms. The summed E-state index contributed by atoms with van der Waals surface area (Å²) < 4.78 is 32.5. The SMILES string of the molecule is CCOCCn1c(=NC(=O)COc2ccccc2F)sc2cc(OC)ccc21. The number of hydrogen-bond donors (Lipinski definition) is 0. The third-order valence-corrected chi connectivity index (χ3v) is 5.00. The Morgan fingerprint density at radius 2 is 2.07 bits per heavy atom. The summed E-state index contributed by atoms with van der Waals surface area (Å²) in [7, 11) is 1.60. The van der Waals surface area contributed by atoms with Gasteiger partial charge >= 0.3 is 0 Å². The fraction of sp³-hybridized carbons (Fsp3) is 0.300. The topological polar surface area (TPSA) is 62.1 Å². The normalized spacial score (nSPS) is 11.8. The van der Waals surface area contributed by atoms with Gasteiger partial charge in [0.25, 0.3) is 5.91 Å². The molecule has 0 atom stereocenters. The monoisotopic (exact) mass is 404 g/mol. The number of benzene rings is 2. The molecule has 0 N–H and O–H groups in total. The van der Waals surface area contributed by atoms with Gasteiger partial charge in [0.2, 0.25) is 0 Å². The zero-order valence-electron chi connectivity index (χ0n) is 15.7. The molecular formula is C20H21FN2O4S. The molecule has 3 rings (SSSR count). The standard InChI is InChI=1S/C20H21FN2O4S/c1-3-26-11-10-23-16-9-8-14(25-2)12-18(16)28-20(23)22-19(24)13-27-17-7-5-4-6-15(17)21/h4-9,12H,3,10-11,13H2,1-2H3. The maximum Gasteiger partial charge on any atom is 0.286 e. The largest absolute Gasteiger partial charge is 0.497 e. The van der Waals surface area contributed by atoms with Gasteiger partial charge in [-0.2, -0.15) is 4.99 Å². The summed E-state index contributed by atoms with van der Waals surface area (Å²) in [6.07, 6.45) is 0. The van der Waals surface area contributed by atoms with Crippen molar-refractivity contribution in [1.29, 1.82) is 0 Å². The van der Waals surface area contributed by atoms with E-state index >= 15 is 0 Å². The molecule has 2 aromatic carbocycles. The lowest BCUT2D eigenvalue weighted by Gasteiger charge is -2.06. The molecular weight excluding hydrogens is 383 g/mol. The van der Waals surface area contributed by atoms with E-state index < -0.39 is 11.7 Å². The molecule has 148 valence electrons. The number of amides is 1. The third kappa shape index (κ3) is 4.76. The summed E-state index contributed by atoms with van der Waals surface area (Å²) >= 11 is 1.37. The Hall–Kier alpha value is -2.71. The van der Waals surface area contributed by atoms with Crippen molar-refractivity contribution in [3.63, 3.8) is 0 Å². The van der Waals surface area contributed by atoms with E-state index in [0.717, 1.165) is 16.0 Å². The fourth-order valence-corrected chi connectivity index (χ4v) is 3.72. The summed E-state index contributed by atoms with van der Waals surface area (Å²) in [5.74, 6) is -0.259. The summed E-state index contributed by atoms with van der Waals surface area (Å²) in [6.45, 7) is 3.25. The highest BCUT2D eigenvalue weighted by Crippen LogP contribution is 2.23. The number of methoxy groups -OCH3 is 1. The smallest absolute Gasteiger partial charge is 0.286 e. The van der Waals surface area contributed by atoms with Gasteiger partial charge < -0.3 is 18.8 Å². The van der Waals surface area contributed by atoms with Gasteiger partial charge in [0.1, 0.15) is 5.75 Å². The number of thiazole rings is 1. The average Bonchev–Trinajstić information content (AvgIpc) is 3.03. The van der Waals surface area contributed by atoms with Gasteiger partial charge in [-0.25, -0.2) is 4.39 Å². The van der Waals surface area contributed by atoms with Crippen molar-refractivity contribution >= 4 is 27.5 Å². The minimum Gasteiger partial charge on any atom is -0.497 e. The number of hydrogen-bond acceptors (Lipinski definition) is 5. The number of ether oxygens (including phenoxy) is 3. The van der Waals surface area contributed by atoms with Gasteiger partial charge in [-0.1, -0.05) is 23.5 Å². The van der Waals surface area contributed by atoms with Gasteiger partial charge in [-0.3, -0.25) is 4.79 Å². The molecule has 0 aliphatic heterocycles. The number of nitrogens with zero attached hydrogens (tertiary/aromatic N) is 2. The first-order valence-electron chi connectivity index (χ1n) is 8.82. The van der Waals surface area contributed by atoms with Gasteiger partial charge in [0, 0.05) is 13.2 Å². The number of aromatic nitrogens is 1. The van der Waals surface area contributed by atoms with E-state index in [1.54, 1.807) is 19.2 Å². The van der Waals surface area contributed by atoms with E-state index in [9.17, 15) is 9.18 Å². The van der Waals surface area contributed by atoms with E-state index in [0.29, 0.717) is 24.6 Å². The Morgan fingerprint density at radius 1 is 1.25 bits per heavy atom. The van der Waals surface area contributed by atoms with Crippen LogP contribution in [-0.2, 0) is 16.1 Å². The van der Waals surface area contributed by atoms with Gasteiger partial charge in [-0.15, -0.1) is 0 Å². The average molecular weight is 404 g/mol. The van der Waals surface area contributed by atoms with Crippen LogP contribution in [0.15, 0.2) is 47.5 Å². The van der Waals surface area contributed by atoms with Crippen LogP contribution in [0.1, 0.15) is 6.92 Å². The molecule has 0 spiro atoms. The first kappa shape index (κ1) is 20.0. The van der Waals surface area contributed by atoms with Crippen LogP contribution < -0.4 is 14.3 Å². The van der Waals surface area contributed by atoms with Crippen LogP contribution in [-0.4, -0.2) is 37.4 Å². The lowest BCUT2D eigenvalue weighted by molar-refractivity contribution is -0.120. The molecule has 3 aromatic rings. The van der Waals surface area contributed by atoms with Crippen LogP contribution in [0.25, 0.3) is 10.2 Å². The van der Waals surface area contributed by atoms with Gasteiger partial charge in [0.05, 0.1) is 23.9 Å². The van der Waals surface area contributed by atoms with Gasteiger partial charge in [-0.05, 0) is 37.3 Å². The molecule has 0 radical (unpaired) electrons. The van der Waals surface area contributed by atoms with E-state index in [4.69, 9.17) is 14.2 Å². The van der Waals surface area contributed by atoms with E-state index in [2.05, 4.69) is 4.99 Å². The predicted octanol–water partition coefficient (Wildman–Crippen LogP) is 3.39. The Labute approximate surface area is 165 Å². The summed E-state index contributed by atoms with van der Waals surface area (Å²) in [5.41, 5.74) is 0.937. The van der Waals surface area contributed by atoms with Crippen molar-refractivity contribution in [3.8, 4) is 11.5 Å². The highest BCUT2D eigenvalue weighted by Gasteiger charge is 2.10. The second kappa shape index (κ2) is 9.48. The molecule has 1 aromatic heterocycles. The van der Waals surface area contributed by atoms with Crippen LogP contribution in [0.4, 0.5) is 4.39 Å². The lowest BCUT2D eigenvalue weighted by Crippen LogP contribution is -2.21. The maximum absolute atomic E-state index is 13.6. The molecule has 0 aliphatic rings. The summed E-state index contributed by atoms with van der Waals surface area (Å²) in [5, 5.41) is 0. The molecule has 0 aliphatic carbocycles. The molecule has 0 fully saturated rings. The zero-order chi connectivity index (χ0) is 19.9. The number of carbonyl (C=O) groups excluding carboxylic acids is 1. The Bertz CT molecular complexity index is 1030. The summed E-state index contributed by atoms with van der Waals surface area (Å²) in [6, 6.07) is 11.6. The molecule has 1 heterocycles. The highest BCUT2D eigenvalue weighted by molar-refractivity contribution is 7.16. The van der Waals surface area contributed by atoms with Crippen molar-refractivity contribution in [2.45, 2.75) is 13.5 Å². The quantitative estimate of drug-likeness (QED) is 0.540. The van der Waals surface area contributed by atoms with Crippen molar-refractivity contribution in [2.24, 2.45) is 4.99 Å². The molecule has 28 heavy (non-hydrogen) atoms. The van der Waals surface area contributed by atoms with E-state index in [1.807, 2.05) is 29.7 Å². The Kier molecular flexibility index (Phi) is 6.78. The molecule has 0 unspecified atom stereocenters. The van der Waals surface area contributed by atoms with Crippen LogP contribution in [0, 0.1) is 5.82 Å². The van der Waals surface area contributed by atoms with Crippen molar-refractivity contribution in [2.75, 3.05) is 26.9 Å². The van der Waals surface area contributed by atoms with Crippen LogP contribution in [0.5, 0.6) is 11.5 Å². The Balaban J connectivity index is 1.87. The number of rotatable bonds is 8. The van der Waals surface area contributed by atoms with Crippen molar-refractivity contribution in [3.05, 3.63) is 53.1 Å². The second-order valence-electron chi connectivity index (χ2n) is 5.79. The number of para-hydroxylation sites is 1. The minimum absolute atomic E-state index is 0.0244.